The SMILES string of the molecule is CC(C)C[C@@H](CNC(=O)N[C@@H](C)c1cc2ccccc2o1)N1CCOCC1. The van der Waals surface area contributed by atoms with Crippen molar-refractivity contribution >= 4 is 17.0 Å². The van der Waals surface area contributed by atoms with Gasteiger partial charge in [0.25, 0.3) is 0 Å². The first-order valence-electron chi connectivity index (χ1n) is 9.87. The molecule has 1 aliphatic heterocycles. The van der Waals surface area contributed by atoms with Crippen LogP contribution in [0.3, 0.4) is 0 Å². The first-order chi connectivity index (χ1) is 13.0. The van der Waals surface area contributed by atoms with Crippen LogP contribution in [0.1, 0.15) is 39.0 Å². The highest BCUT2D eigenvalue weighted by Crippen LogP contribution is 2.23. The van der Waals surface area contributed by atoms with Gasteiger partial charge in [0.1, 0.15) is 11.3 Å². The predicted octanol–water partition coefficient (Wildman–Crippen LogP) is 3.54. The third-order valence-electron chi connectivity index (χ3n) is 5.02. The molecular weight excluding hydrogens is 342 g/mol. The highest BCUT2D eigenvalue weighted by molar-refractivity contribution is 5.78. The van der Waals surface area contributed by atoms with Crippen molar-refractivity contribution in [2.75, 3.05) is 32.8 Å². The molecule has 1 fully saturated rings. The van der Waals surface area contributed by atoms with E-state index in [4.69, 9.17) is 9.15 Å². The van der Waals surface area contributed by atoms with E-state index in [2.05, 4.69) is 29.4 Å². The number of hydrogen-bond acceptors (Lipinski definition) is 4. The van der Waals surface area contributed by atoms with Crippen molar-refractivity contribution in [2.45, 2.75) is 39.3 Å². The minimum Gasteiger partial charge on any atom is -0.459 e. The molecular formula is C21H31N3O3. The van der Waals surface area contributed by atoms with E-state index in [1.165, 1.54) is 0 Å². The van der Waals surface area contributed by atoms with E-state index >= 15 is 0 Å². The molecule has 2 aromatic rings. The number of hydrogen-bond donors (Lipinski definition) is 2. The molecule has 0 unspecified atom stereocenters. The molecule has 1 saturated heterocycles. The summed E-state index contributed by atoms with van der Waals surface area (Å²) in [4.78, 5) is 14.8. The van der Waals surface area contributed by atoms with Crippen molar-refractivity contribution in [3.63, 3.8) is 0 Å². The standard InChI is InChI=1S/C21H31N3O3/c1-15(2)12-18(24-8-10-26-11-9-24)14-22-21(25)23-16(3)20-13-17-6-4-5-7-19(17)27-20/h4-7,13,15-16,18H,8-12,14H2,1-3H3,(H2,22,23,25)/t16-,18-/m0/s1. The molecule has 148 valence electrons. The Kier molecular flexibility index (Phi) is 6.74. The third-order valence-corrected chi connectivity index (χ3v) is 5.02. The number of furan rings is 1. The van der Waals surface area contributed by atoms with Gasteiger partial charge in [-0.15, -0.1) is 0 Å². The second-order valence-corrected chi connectivity index (χ2v) is 7.69. The number of benzene rings is 1. The summed E-state index contributed by atoms with van der Waals surface area (Å²) in [5.41, 5.74) is 0.839. The third kappa shape index (κ3) is 5.47. The van der Waals surface area contributed by atoms with Gasteiger partial charge in [-0.05, 0) is 31.4 Å². The van der Waals surface area contributed by atoms with Crippen LogP contribution in [-0.4, -0.2) is 49.8 Å². The Labute approximate surface area is 161 Å². The van der Waals surface area contributed by atoms with Gasteiger partial charge in [0.15, 0.2) is 0 Å². The monoisotopic (exact) mass is 373 g/mol. The molecule has 3 rings (SSSR count). The molecule has 2 heterocycles. The molecule has 0 radical (unpaired) electrons. The highest BCUT2D eigenvalue weighted by Gasteiger charge is 2.23. The van der Waals surface area contributed by atoms with Crippen molar-refractivity contribution < 1.29 is 13.9 Å². The average molecular weight is 373 g/mol. The summed E-state index contributed by atoms with van der Waals surface area (Å²) < 4.78 is 11.3. The van der Waals surface area contributed by atoms with Gasteiger partial charge in [0.05, 0.1) is 19.3 Å². The van der Waals surface area contributed by atoms with Crippen LogP contribution < -0.4 is 10.6 Å². The van der Waals surface area contributed by atoms with Crippen LogP contribution in [0.5, 0.6) is 0 Å². The van der Waals surface area contributed by atoms with Gasteiger partial charge in [0.2, 0.25) is 0 Å². The molecule has 0 spiro atoms. The van der Waals surface area contributed by atoms with Crippen molar-refractivity contribution in [3.8, 4) is 0 Å². The molecule has 0 aliphatic carbocycles. The van der Waals surface area contributed by atoms with Gasteiger partial charge >= 0.3 is 6.03 Å². The Morgan fingerprint density at radius 2 is 1.93 bits per heavy atom. The maximum Gasteiger partial charge on any atom is 0.315 e. The zero-order valence-electron chi connectivity index (χ0n) is 16.5. The first-order valence-corrected chi connectivity index (χ1v) is 9.87. The number of para-hydroxylation sites is 1. The lowest BCUT2D eigenvalue weighted by molar-refractivity contribution is 0.0129. The lowest BCUT2D eigenvalue weighted by Crippen LogP contribution is -2.50. The summed E-state index contributed by atoms with van der Waals surface area (Å²) in [7, 11) is 0. The minimum absolute atomic E-state index is 0.162. The van der Waals surface area contributed by atoms with Crippen molar-refractivity contribution in [1.29, 1.82) is 0 Å². The Hall–Kier alpha value is -2.05. The molecule has 1 aliphatic rings. The number of ether oxygens (including phenoxy) is 1. The van der Waals surface area contributed by atoms with E-state index in [0.29, 0.717) is 18.5 Å². The molecule has 0 bridgehead atoms. The smallest absolute Gasteiger partial charge is 0.315 e. The van der Waals surface area contributed by atoms with E-state index in [1.807, 2.05) is 37.3 Å². The number of nitrogens with zero attached hydrogens (tertiary/aromatic N) is 1. The minimum atomic E-state index is -0.190. The van der Waals surface area contributed by atoms with Crippen LogP contribution >= 0.6 is 0 Å². The van der Waals surface area contributed by atoms with E-state index < -0.39 is 0 Å². The van der Waals surface area contributed by atoms with Crippen LogP contribution in [0, 0.1) is 5.92 Å². The second-order valence-electron chi connectivity index (χ2n) is 7.69. The molecule has 2 amide bonds. The Balaban J connectivity index is 1.53. The zero-order chi connectivity index (χ0) is 19.2. The Morgan fingerprint density at radius 3 is 2.63 bits per heavy atom. The van der Waals surface area contributed by atoms with E-state index in [0.717, 1.165) is 49.5 Å². The number of urea groups is 1. The van der Waals surface area contributed by atoms with E-state index in [-0.39, 0.29) is 12.1 Å². The van der Waals surface area contributed by atoms with Gasteiger partial charge in [-0.25, -0.2) is 4.79 Å². The number of amides is 2. The summed E-state index contributed by atoms with van der Waals surface area (Å²) in [6.07, 6.45) is 1.05. The van der Waals surface area contributed by atoms with Crippen LogP contribution in [0.25, 0.3) is 11.0 Å². The summed E-state index contributed by atoms with van der Waals surface area (Å²) in [6, 6.07) is 9.83. The van der Waals surface area contributed by atoms with Crippen molar-refractivity contribution in [1.82, 2.24) is 15.5 Å². The van der Waals surface area contributed by atoms with Gasteiger partial charge < -0.3 is 19.8 Å². The number of morpholine rings is 1. The molecule has 2 atom stereocenters. The Morgan fingerprint density at radius 1 is 1.19 bits per heavy atom. The van der Waals surface area contributed by atoms with Crippen LogP contribution in [-0.2, 0) is 4.74 Å². The maximum absolute atomic E-state index is 12.4. The molecule has 6 nitrogen and oxygen atoms in total. The molecule has 1 aromatic heterocycles. The number of carbonyl (C=O) groups is 1. The average Bonchev–Trinajstić information content (AvgIpc) is 3.10. The van der Waals surface area contributed by atoms with E-state index in [9.17, 15) is 4.79 Å². The van der Waals surface area contributed by atoms with Crippen LogP contribution in [0.4, 0.5) is 4.79 Å². The molecule has 1 aromatic carbocycles. The lowest BCUT2D eigenvalue weighted by Gasteiger charge is -2.35. The number of nitrogens with one attached hydrogen (secondary N) is 2. The fourth-order valence-corrected chi connectivity index (χ4v) is 3.59. The fourth-order valence-electron chi connectivity index (χ4n) is 3.59. The molecule has 2 N–H and O–H groups in total. The topological polar surface area (TPSA) is 66.7 Å². The predicted molar refractivity (Wildman–Crippen MR) is 107 cm³/mol. The zero-order valence-corrected chi connectivity index (χ0v) is 16.5. The molecule has 0 saturated carbocycles. The second kappa shape index (κ2) is 9.24. The normalized spacial score (nSPS) is 17.8. The maximum atomic E-state index is 12.4. The van der Waals surface area contributed by atoms with Crippen molar-refractivity contribution in [3.05, 3.63) is 36.1 Å². The molecule has 27 heavy (non-hydrogen) atoms. The quantitative estimate of drug-likeness (QED) is 0.779. The van der Waals surface area contributed by atoms with Crippen LogP contribution in [0.2, 0.25) is 0 Å². The van der Waals surface area contributed by atoms with Gasteiger partial charge in [0, 0.05) is 31.1 Å². The van der Waals surface area contributed by atoms with E-state index in [1.54, 1.807) is 0 Å². The van der Waals surface area contributed by atoms with Gasteiger partial charge in [-0.3, -0.25) is 4.90 Å². The fraction of sp³-hybridized carbons (Fsp3) is 0.571. The summed E-state index contributed by atoms with van der Waals surface area (Å²) in [5, 5.41) is 7.07. The summed E-state index contributed by atoms with van der Waals surface area (Å²) in [5.74, 6) is 1.34. The summed E-state index contributed by atoms with van der Waals surface area (Å²) >= 11 is 0. The first kappa shape index (κ1) is 19.7. The van der Waals surface area contributed by atoms with Gasteiger partial charge in [-0.2, -0.15) is 0 Å². The largest absolute Gasteiger partial charge is 0.459 e. The summed E-state index contributed by atoms with van der Waals surface area (Å²) in [6.45, 7) is 10.4. The van der Waals surface area contributed by atoms with Crippen molar-refractivity contribution in [2.24, 2.45) is 5.92 Å². The lowest BCUT2D eigenvalue weighted by atomic mass is 10.0. The number of carbonyl (C=O) groups excluding carboxylic acids is 1. The van der Waals surface area contributed by atoms with Gasteiger partial charge in [-0.1, -0.05) is 32.0 Å². The number of rotatable bonds is 7. The molecule has 6 heteroatoms. The number of fused-ring (bicyclic) bond motifs is 1. The highest BCUT2D eigenvalue weighted by atomic mass is 16.5. The Bertz CT molecular complexity index is 704. The van der Waals surface area contributed by atoms with Crippen LogP contribution in [0.15, 0.2) is 34.7 Å².